The van der Waals surface area contributed by atoms with Gasteiger partial charge in [0.15, 0.2) is 0 Å². The standard InChI is InChI=1S/C19H20ClN3O2/c20-15-9-7-14(8-10-15)13-21-19(25)22-16-4-3-5-17(12-16)23-11-2-1-6-18(23)24/h3-5,7-10,12H,1-2,6,11,13H2,(H2,21,22,25). The summed E-state index contributed by atoms with van der Waals surface area (Å²) < 4.78 is 0. The Morgan fingerprint density at radius 2 is 1.92 bits per heavy atom. The zero-order valence-corrected chi connectivity index (χ0v) is 14.6. The summed E-state index contributed by atoms with van der Waals surface area (Å²) in [6.45, 7) is 1.14. The zero-order valence-electron chi connectivity index (χ0n) is 13.8. The molecule has 2 N–H and O–H groups in total. The number of amides is 3. The second kappa shape index (κ2) is 8.03. The summed E-state index contributed by atoms with van der Waals surface area (Å²) in [5.41, 5.74) is 2.44. The fourth-order valence-electron chi connectivity index (χ4n) is 2.79. The third-order valence-corrected chi connectivity index (χ3v) is 4.36. The minimum Gasteiger partial charge on any atom is -0.334 e. The molecule has 1 saturated heterocycles. The normalized spacial score (nSPS) is 14.3. The molecule has 0 radical (unpaired) electrons. The van der Waals surface area contributed by atoms with Gasteiger partial charge in [-0.25, -0.2) is 4.79 Å². The van der Waals surface area contributed by atoms with Crippen molar-refractivity contribution in [2.45, 2.75) is 25.8 Å². The average molecular weight is 358 g/mol. The molecule has 5 nitrogen and oxygen atoms in total. The van der Waals surface area contributed by atoms with E-state index in [1.165, 1.54) is 0 Å². The van der Waals surface area contributed by atoms with Gasteiger partial charge in [0.1, 0.15) is 0 Å². The summed E-state index contributed by atoms with van der Waals surface area (Å²) in [7, 11) is 0. The molecule has 0 spiro atoms. The molecule has 2 aromatic carbocycles. The quantitative estimate of drug-likeness (QED) is 0.862. The molecule has 1 fully saturated rings. The monoisotopic (exact) mass is 357 g/mol. The molecule has 0 aromatic heterocycles. The Morgan fingerprint density at radius 3 is 2.68 bits per heavy atom. The number of hydrogen-bond acceptors (Lipinski definition) is 2. The Bertz CT molecular complexity index is 762. The number of hydrogen-bond donors (Lipinski definition) is 2. The van der Waals surface area contributed by atoms with Crippen molar-refractivity contribution in [3.8, 4) is 0 Å². The lowest BCUT2D eigenvalue weighted by Crippen LogP contribution is -2.35. The van der Waals surface area contributed by atoms with E-state index >= 15 is 0 Å². The SMILES string of the molecule is O=C(NCc1ccc(Cl)cc1)Nc1cccc(N2CCCCC2=O)c1. The highest BCUT2D eigenvalue weighted by atomic mass is 35.5. The van der Waals surface area contributed by atoms with E-state index in [0.29, 0.717) is 23.7 Å². The topological polar surface area (TPSA) is 61.4 Å². The van der Waals surface area contributed by atoms with Crippen molar-refractivity contribution in [2.24, 2.45) is 0 Å². The van der Waals surface area contributed by atoms with Gasteiger partial charge in [-0.15, -0.1) is 0 Å². The number of anilines is 2. The lowest BCUT2D eigenvalue weighted by atomic mass is 10.1. The number of rotatable bonds is 4. The van der Waals surface area contributed by atoms with Crippen LogP contribution in [0.15, 0.2) is 48.5 Å². The van der Waals surface area contributed by atoms with Gasteiger partial charge in [-0.1, -0.05) is 29.8 Å². The third kappa shape index (κ3) is 4.73. The van der Waals surface area contributed by atoms with Crippen molar-refractivity contribution in [2.75, 3.05) is 16.8 Å². The number of benzene rings is 2. The third-order valence-electron chi connectivity index (χ3n) is 4.11. The number of carbonyl (C=O) groups is 2. The van der Waals surface area contributed by atoms with Crippen LogP contribution in [0.1, 0.15) is 24.8 Å². The van der Waals surface area contributed by atoms with E-state index < -0.39 is 0 Å². The van der Waals surface area contributed by atoms with Crippen LogP contribution in [0.25, 0.3) is 0 Å². The first-order chi connectivity index (χ1) is 12.1. The van der Waals surface area contributed by atoms with Crippen molar-refractivity contribution in [1.29, 1.82) is 0 Å². The number of carbonyl (C=O) groups excluding carboxylic acids is 2. The van der Waals surface area contributed by atoms with E-state index in [1.807, 2.05) is 30.3 Å². The number of nitrogens with zero attached hydrogens (tertiary/aromatic N) is 1. The van der Waals surface area contributed by atoms with Gasteiger partial charge in [-0.2, -0.15) is 0 Å². The Morgan fingerprint density at radius 1 is 1.12 bits per heavy atom. The van der Waals surface area contributed by atoms with Crippen LogP contribution in [0.5, 0.6) is 0 Å². The molecule has 3 rings (SSSR count). The van der Waals surface area contributed by atoms with E-state index in [0.717, 1.165) is 30.6 Å². The zero-order chi connectivity index (χ0) is 17.6. The van der Waals surface area contributed by atoms with Crippen molar-refractivity contribution in [1.82, 2.24) is 5.32 Å². The minimum atomic E-state index is -0.294. The molecule has 2 aromatic rings. The molecule has 3 amide bonds. The predicted molar refractivity (Wildman–Crippen MR) is 100.0 cm³/mol. The smallest absolute Gasteiger partial charge is 0.319 e. The van der Waals surface area contributed by atoms with E-state index in [2.05, 4.69) is 10.6 Å². The molecule has 1 aliphatic rings. The average Bonchev–Trinajstić information content (AvgIpc) is 2.62. The van der Waals surface area contributed by atoms with Crippen LogP contribution in [-0.2, 0) is 11.3 Å². The van der Waals surface area contributed by atoms with Gasteiger partial charge >= 0.3 is 6.03 Å². The summed E-state index contributed by atoms with van der Waals surface area (Å²) in [5.74, 6) is 0.135. The molecule has 25 heavy (non-hydrogen) atoms. The van der Waals surface area contributed by atoms with Gasteiger partial charge in [0.2, 0.25) is 5.91 Å². The van der Waals surface area contributed by atoms with Gasteiger partial charge < -0.3 is 15.5 Å². The lowest BCUT2D eigenvalue weighted by molar-refractivity contribution is -0.119. The molecule has 1 aliphatic heterocycles. The number of nitrogens with one attached hydrogen (secondary N) is 2. The highest BCUT2D eigenvalue weighted by Crippen LogP contribution is 2.23. The number of piperidine rings is 1. The summed E-state index contributed by atoms with van der Waals surface area (Å²) in [4.78, 5) is 25.9. The van der Waals surface area contributed by atoms with Crippen LogP contribution < -0.4 is 15.5 Å². The van der Waals surface area contributed by atoms with Crippen LogP contribution in [0, 0.1) is 0 Å². The lowest BCUT2D eigenvalue weighted by Gasteiger charge is -2.27. The highest BCUT2D eigenvalue weighted by molar-refractivity contribution is 6.30. The largest absolute Gasteiger partial charge is 0.334 e. The minimum absolute atomic E-state index is 0.135. The Balaban J connectivity index is 1.58. The van der Waals surface area contributed by atoms with Gasteiger partial charge in [0.05, 0.1) is 0 Å². The van der Waals surface area contributed by atoms with Gasteiger partial charge in [0.25, 0.3) is 0 Å². The van der Waals surface area contributed by atoms with Crippen molar-refractivity contribution < 1.29 is 9.59 Å². The maximum absolute atomic E-state index is 12.1. The Hall–Kier alpha value is -2.53. The molecule has 0 bridgehead atoms. The summed E-state index contributed by atoms with van der Waals surface area (Å²) >= 11 is 5.84. The molecule has 6 heteroatoms. The van der Waals surface area contributed by atoms with E-state index in [4.69, 9.17) is 11.6 Å². The van der Waals surface area contributed by atoms with E-state index in [1.54, 1.807) is 23.1 Å². The fraction of sp³-hybridized carbons (Fsp3) is 0.263. The Labute approximate surface area is 152 Å². The highest BCUT2D eigenvalue weighted by Gasteiger charge is 2.19. The maximum Gasteiger partial charge on any atom is 0.319 e. The molecule has 130 valence electrons. The predicted octanol–water partition coefficient (Wildman–Crippen LogP) is 4.18. The van der Waals surface area contributed by atoms with Crippen LogP contribution in [-0.4, -0.2) is 18.5 Å². The second-order valence-corrected chi connectivity index (χ2v) is 6.42. The molecular formula is C19H20ClN3O2. The molecular weight excluding hydrogens is 338 g/mol. The fourth-order valence-corrected chi connectivity index (χ4v) is 2.92. The van der Waals surface area contributed by atoms with Gasteiger partial charge in [0, 0.05) is 35.9 Å². The van der Waals surface area contributed by atoms with Crippen molar-refractivity contribution in [3.05, 3.63) is 59.1 Å². The molecule has 1 heterocycles. The molecule has 0 saturated carbocycles. The molecule has 0 aliphatic carbocycles. The van der Waals surface area contributed by atoms with E-state index in [9.17, 15) is 9.59 Å². The van der Waals surface area contributed by atoms with Crippen LogP contribution in [0.4, 0.5) is 16.2 Å². The molecule has 0 unspecified atom stereocenters. The van der Waals surface area contributed by atoms with Crippen LogP contribution >= 0.6 is 11.6 Å². The van der Waals surface area contributed by atoms with Gasteiger partial charge in [-0.05, 0) is 48.7 Å². The first kappa shape index (κ1) is 17.3. The van der Waals surface area contributed by atoms with E-state index in [-0.39, 0.29) is 11.9 Å². The van der Waals surface area contributed by atoms with Crippen LogP contribution in [0.3, 0.4) is 0 Å². The maximum atomic E-state index is 12.1. The molecule has 0 atom stereocenters. The van der Waals surface area contributed by atoms with Gasteiger partial charge in [-0.3, -0.25) is 4.79 Å². The van der Waals surface area contributed by atoms with Crippen LogP contribution in [0.2, 0.25) is 5.02 Å². The Kier molecular flexibility index (Phi) is 5.56. The van der Waals surface area contributed by atoms with Crippen molar-refractivity contribution in [3.63, 3.8) is 0 Å². The van der Waals surface area contributed by atoms with Crippen molar-refractivity contribution >= 4 is 34.9 Å². The first-order valence-electron chi connectivity index (χ1n) is 8.31. The summed E-state index contributed by atoms with van der Waals surface area (Å²) in [6, 6.07) is 14.4. The summed E-state index contributed by atoms with van der Waals surface area (Å²) in [6.07, 6.45) is 2.53. The summed E-state index contributed by atoms with van der Waals surface area (Å²) in [5, 5.41) is 6.27. The number of urea groups is 1. The first-order valence-corrected chi connectivity index (χ1v) is 8.69. The second-order valence-electron chi connectivity index (χ2n) is 5.99. The number of halogens is 1.